The number of carbonyl (C=O) groups is 1. The van der Waals surface area contributed by atoms with E-state index in [4.69, 9.17) is 4.74 Å². The van der Waals surface area contributed by atoms with Gasteiger partial charge in [0.25, 0.3) is 0 Å². The molecule has 0 saturated carbocycles. The molecule has 2 aliphatic heterocycles. The van der Waals surface area contributed by atoms with Gasteiger partial charge in [0.2, 0.25) is 15.9 Å². The van der Waals surface area contributed by atoms with Gasteiger partial charge in [-0.05, 0) is 55.7 Å². The van der Waals surface area contributed by atoms with E-state index in [2.05, 4.69) is 4.98 Å². The predicted octanol–water partition coefficient (Wildman–Crippen LogP) is 2.30. The number of ether oxygens (including phenoxy) is 1. The van der Waals surface area contributed by atoms with Crippen LogP contribution in [0.4, 0.5) is 5.69 Å². The lowest BCUT2D eigenvalue weighted by Crippen LogP contribution is -2.49. The first-order valence-corrected chi connectivity index (χ1v) is 10.8. The number of sulfonamides is 1. The minimum Gasteiger partial charge on any atom is -0.497 e. The maximum atomic E-state index is 13.2. The van der Waals surface area contributed by atoms with Crippen LogP contribution in [-0.4, -0.2) is 50.4 Å². The first-order valence-electron chi connectivity index (χ1n) is 9.32. The summed E-state index contributed by atoms with van der Waals surface area (Å²) < 4.78 is 32.8. The van der Waals surface area contributed by atoms with Crippen LogP contribution in [0.3, 0.4) is 0 Å². The van der Waals surface area contributed by atoms with Crippen LogP contribution in [0.15, 0.2) is 53.7 Å². The number of nitrogens with zero attached hydrogens (tertiary/aromatic N) is 3. The highest BCUT2D eigenvalue weighted by Crippen LogP contribution is 2.43. The van der Waals surface area contributed by atoms with Crippen molar-refractivity contribution in [2.45, 2.75) is 24.2 Å². The van der Waals surface area contributed by atoms with Crippen molar-refractivity contribution in [2.75, 3.05) is 31.6 Å². The van der Waals surface area contributed by atoms with Gasteiger partial charge in [0, 0.05) is 37.7 Å². The number of benzene rings is 1. The quantitative estimate of drug-likeness (QED) is 0.785. The zero-order chi connectivity index (χ0) is 19.8. The molecule has 0 aliphatic carbocycles. The topological polar surface area (TPSA) is 79.8 Å². The average Bonchev–Trinajstić information content (AvgIpc) is 3.04. The highest BCUT2D eigenvalue weighted by atomic mass is 32.2. The summed E-state index contributed by atoms with van der Waals surface area (Å²) in [5.41, 5.74) is 0.160. The van der Waals surface area contributed by atoms with Crippen molar-refractivity contribution in [2.24, 2.45) is 5.41 Å². The molecule has 7 nitrogen and oxygen atoms in total. The van der Waals surface area contributed by atoms with Crippen LogP contribution in [0.2, 0.25) is 0 Å². The smallest absolute Gasteiger partial charge is 0.243 e. The molecular formula is C20H23N3O4S. The Morgan fingerprint density at radius 2 is 1.75 bits per heavy atom. The van der Waals surface area contributed by atoms with Gasteiger partial charge in [-0.15, -0.1) is 0 Å². The Kier molecular flexibility index (Phi) is 4.84. The van der Waals surface area contributed by atoms with Crippen molar-refractivity contribution in [3.05, 3.63) is 48.8 Å². The molecular weight excluding hydrogens is 378 g/mol. The van der Waals surface area contributed by atoms with Crippen molar-refractivity contribution in [1.82, 2.24) is 9.29 Å². The monoisotopic (exact) mass is 401 g/mol. The summed E-state index contributed by atoms with van der Waals surface area (Å²) in [6.45, 7) is 1.25. The van der Waals surface area contributed by atoms with E-state index in [1.165, 1.54) is 11.4 Å². The Morgan fingerprint density at radius 3 is 2.43 bits per heavy atom. The first kappa shape index (κ1) is 18.9. The molecule has 0 N–H and O–H groups in total. The molecule has 2 fully saturated rings. The second-order valence-corrected chi connectivity index (χ2v) is 9.25. The van der Waals surface area contributed by atoms with Crippen molar-refractivity contribution in [3.8, 4) is 5.75 Å². The van der Waals surface area contributed by atoms with Gasteiger partial charge in [-0.3, -0.25) is 9.78 Å². The SMILES string of the molecule is COc1ccc(S(=O)(=O)N2CCCC3(CCN(c4ccncc4)C3=O)C2)cc1. The van der Waals surface area contributed by atoms with Crippen LogP contribution in [0.25, 0.3) is 0 Å². The summed E-state index contributed by atoms with van der Waals surface area (Å²) in [7, 11) is -2.12. The third kappa shape index (κ3) is 3.16. The predicted molar refractivity (Wildman–Crippen MR) is 105 cm³/mol. The molecule has 1 aromatic carbocycles. The number of hydrogen-bond acceptors (Lipinski definition) is 5. The van der Waals surface area contributed by atoms with Gasteiger partial charge < -0.3 is 9.64 Å². The molecule has 2 saturated heterocycles. The lowest BCUT2D eigenvalue weighted by molar-refractivity contribution is -0.127. The number of pyridine rings is 1. The van der Waals surface area contributed by atoms with Crippen LogP contribution in [0.5, 0.6) is 5.75 Å². The molecule has 2 aromatic rings. The van der Waals surface area contributed by atoms with Gasteiger partial charge in [0.1, 0.15) is 5.75 Å². The molecule has 28 heavy (non-hydrogen) atoms. The number of aromatic nitrogens is 1. The Balaban J connectivity index is 1.58. The highest BCUT2D eigenvalue weighted by molar-refractivity contribution is 7.89. The van der Waals surface area contributed by atoms with E-state index < -0.39 is 15.4 Å². The van der Waals surface area contributed by atoms with Crippen LogP contribution in [-0.2, 0) is 14.8 Å². The fraction of sp³-hybridized carbons (Fsp3) is 0.400. The summed E-state index contributed by atoms with van der Waals surface area (Å²) in [6, 6.07) is 10.00. The second-order valence-electron chi connectivity index (χ2n) is 7.31. The molecule has 3 heterocycles. The Bertz CT molecular complexity index is 963. The number of piperidine rings is 1. The minimum absolute atomic E-state index is 0.00771. The lowest BCUT2D eigenvalue weighted by Gasteiger charge is -2.38. The highest BCUT2D eigenvalue weighted by Gasteiger charge is 2.51. The average molecular weight is 401 g/mol. The van der Waals surface area contributed by atoms with Crippen LogP contribution in [0.1, 0.15) is 19.3 Å². The molecule has 2 aliphatic rings. The minimum atomic E-state index is -3.66. The summed E-state index contributed by atoms with van der Waals surface area (Å²) in [5, 5.41) is 0. The van der Waals surface area contributed by atoms with E-state index in [1.54, 1.807) is 41.6 Å². The Labute approximate surface area is 165 Å². The molecule has 1 amide bonds. The van der Waals surface area contributed by atoms with Crippen molar-refractivity contribution in [3.63, 3.8) is 0 Å². The van der Waals surface area contributed by atoms with Gasteiger partial charge in [-0.1, -0.05) is 0 Å². The normalized spacial score (nSPS) is 23.3. The zero-order valence-corrected chi connectivity index (χ0v) is 16.6. The van der Waals surface area contributed by atoms with E-state index in [1.807, 2.05) is 12.1 Å². The van der Waals surface area contributed by atoms with Gasteiger partial charge in [0.15, 0.2) is 0 Å². The maximum absolute atomic E-state index is 13.2. The Hall–Kier alpha value is -2.45. The molecule has 1 aromatic heterocycles. The number of hydrogen-bond donors (Lipinski definition) is 0. The van der Waals surface area contributed by atoms with Crippen molar-refractivity contribution >= 4 is 21.6 Å². The van der Waals surface area contributed by atoms with Gasteiger partial charge in [0.05, 0.1) is 17.4 Å². The van der Waals surface area contributed by atoms with Gasteiger partial charge in [-0.2, -0.15) is 4.31 Å². The molecule has 4 rings (SSSR count). The summed E-state index contributed by atoms with van der Waals surface area (Å²) in [6.07, 6.45) is 5.36. The molecule has 1 unspecified atom stereocenters. The number of anilines is 1. The molecule has 8 heteroatoms. The molecule has 1 spiro atoms. The van der Waals surface area contributed by atoms with Gasteiger partial charge >= 0.3 is 0 Å². The lowest BCUT2D eigenvalue weighted by atomic mass is 9.79. The van der Waals surface area contributed by atoms with Crippen molar-refractivity contribution < 1.29 is 17.9 Å². The van der Waals surface area contributed by atoms with Crippen LogP contribution in [0, 0.1) is 5.41 Å². The summed E-state index contributed by atoms with van der Waals surface area (Å²) in [4.78, 5) is 19.2. The summed E-state index contributed by atoms with van der Waals surface area (Å²) in [5.74, 6) is 0.612. The third-order valence-corrected chi connectivity index (χ3v) is 7.59. The van der Waals surface area contributed by atoms with E-state index in [-0.39, 0.29) is 17.3 Å². The standard InChI is InChI=1S/C20H23N3O4S/c1-27-17-3-5-18(6-4-17)28(25,26)22-13-2-9-20(15-22)10-14-23(19(20)24)16-7-11-21-12-8-16/h3-8,11-12H,2,9-10,13-15H2,1H3. The van der Waals surface area contributed by atoms with E-state index in [9.17, 15) is 13.2 Å². The van der Waals surface area contributed by atoms with Crippen LogP contribution >= 0.6 is 0 Å². The van der Waals surface area contributed by atoms with E-state index >= 15 is 0 Å². The van der Waals surface area contributed by atoms with E-state index in [0.717, 1.165) is 5.69 Å². The van der Waals surface area contributed by atoms with E-state index in [0.29, 0.717) is 38.1 Å². The fourth-order valence-corrected chi connectivity index (χ4v) is 5.73. The molecule has 1 atom stereocenters. The largest absolute Gasteiger partial charge is 0.497 e. The molecule has 0 bridgehead atoms. The maximum Gasteiger partial charge on any atom is 0.243 e. The zero-order valence-electron chi connectivity index (χ0n) is 15.7. The molecule has 0 radical (unpaired) electrons. The number of methoxy groups -OCH3 is 1. The first-order chi connectivity index (χ1) is 13.5. The van der Waals surface area contributed by atoms with Crippen LogP contribution < -0.4 is 9.64 Å². The molecule has 148 valence electrons. The fourth-order valence-electron chi connectivity index (χ4n) is 4.16. The second kappa shape index (κ2) is 7.18. The summed E-state index contributed by atoms with van der Waals surface area (Å²) >= 11 is 0. The number of rotatable bonds is 4. The third-order valence-electron chi connectivity index (χ3n) is 5.73. The number of amides is 1. The Morgan fingerprint density at radius 1 is 1.04 bits per heavy atom. The van der Waals surface area contributed by atoms with Crippen molar-refractivity contribution in [1.29, 1.82) is 0 Å². The van der Waals surface area contributed by atoms with Gasteiger partial charge in [-0.25, -0.2) is 8.42 Å². The number of carbonyl (C=O) groups excluding carboxylic acids is 1.